The van der Waals surface area contributed by atoms with E-state index in [-0.39, 0.29) is 11.8 Å². The summed E-state index contributed by atoms with van der Waals surface area (Å²) in [5, 5.41) is 4.27. The maximum atomic E-state index is 13.0. The molecule has 4 rings (SSSR count). The molecule has 0 unspecified atom stereocenters. The molecule has 0 saturated carbocycles. The number of carbonyl (C=O) groups excluding carboxylic acids is 1. The molecule has 1 saturated heterocycles. The molecule has 140 valence electrons. The highest BCUT2D eigenvalue weighted by molar-refractivity contribution is 5.99. The van der Waals surface area contributed by atoms with Crippen molar-refractivity contribution in [2.24, 2.45) is 0 Å². The minimum Gasteiger partial charge on any atom is -0.493 e. The second kappa shape index (κ2) is 6.90. The highest BCUT2D eigenvalue weighted by atomic mass is 16.5. The number of hydrogen-bond acceptors (Lipinski definition) is 5. The number of benzene rings is 1. The predicted octanol–water partition coefficient (Wildman–Crippen LogP) is 2.68. The van der Waals surface area contributed by atoms with Crippen LogP contribution in [0, 0.1) is 6.92 Å². The topological polar surface area (TPSA) is 69.0 Å². The van der Waals surface area contributed by atoms with Crippen molar-refractivity contribution >= 4 is 11.6 Å². The van der Waals surface area contributed by atoms with Crippen molar-refractivity contribution in [2.45, 2.75) is 19.3 Å². The Morgan fingerprint density at radius 2 is 2.07 bits per heavy atom. The van der Waals surface area contributed by atoms with Gasteiger partial charge < -0.3 is 14.4 Å². The SMILES string of the molecule is COc1cccc([C@H]2CCN(C(=O)c3cnn4cc(C)cnc34)C2)c1OC. The number of likely N-dealkylation sites (tertiary alicyclic amines) is 1. The lowest BCUT2D eigenvalue weighted by Gasteiger charge is -2.18. The number of ether oxygens (including phenoxy) is 2. The lowest BCUT2D eigenvalue weighted by molar-refractivity contribution is 0.0792. The zero-order valence-electron chi connectivity index (χ0n) is 15.7. The van der Waals surface area contributed by atoms with E-state index >= 15 is 0 Å². The van der Waals surface area contributed by atoms with Crippen LogP contribution in [0.3, 0.4) is 0 Å². The molecule has 0 spiro atoms. The first-order valence-corrected chi connectivity index (χ1v) is 8.92. The minimum absolute atomic E-state index is 0.0364. The summed E-state index contributed by atoms with van der Waals surface area (Å²) in [4.78, 5) is 19.3. The van der Waals surface area contributed by atoms with Gasteiger partial charge in [0.25, 0.3) is 5.91 Å². The summed E-state index contributed by atoms with van der Waals surface area (Å²) in [6.45, 7) is 3.26. The quantitative estimate of drug-likeness (QED) is 0.710. The third kappa shape index (κ3) is 2.99. The fourth-order valence-electron chi connectivity index (χ4n) is 3.72. The van der Waals surface area contributed by atoms with Crippen LogP contribution in [0.5, 0.6) is 11.5 Å². The molecule has 7 nitrogen and oxygen atoms in total. The van der Waals surface area contributed by atoms with Gasteiger partial charge in [-0.2, -0.15) is 5.10 Å². The van der Waals surface area contributed by atoms with E-state index in [9.17, 15) is 4.79 Å². The second-order valence-corrected chi connectivity index (χ2v) is 6.78. The van der Waals surface area contributed by atoms with Gasteiger partial charge >= 0.3 is 0 Å². The molecule has 2 aromatic heterocycles. The molecular formula is C20H22N4O3. The molecule has 1 aliphatic heterocycles. The van der Waals surface area contributed by atoms with Crippen LogP contribution in [0.15, 0.2) is 36.8 Å². The van der Waals surface area contributed by atoms with Crippen LogP contribution in [0.25, 0.3) is 5.65 Å². The number of methoxy groups -OCH3 is 2. The van der Waals surface area contributed by atoms with E-state index < -0.39 is 0 Å². The van der Waals surface area contributed by atoms with Crippen LogP contribution in [0.4, 0.5) is 0 Å². The number of aromatic nitrogens is 3. The third-order valence-corrected chi connectivity index (χ3v) is 5.06. The van der Waals surface area contributed by atoms with Crippen molar-refractivity contribution in [3.8, 4) is 11.5 Å². The Hall–Kier alpha value is -3.09. The molecule has 1 aliphatic rings. The lowest BCUT2D eigenvalue weighted by atomic mass is 9.97. The highest BCUT2D eigenvalue weighted by Crippen LogP contribution is 2.39. The largest absolute Gasteiger partial charge is 0.493 e. The van der Waals surface area contributed by atoms with Crippen molar-refractivity contribution in [1.29, 1.82) is 0 Å². The number of amides is 1. The van der Waals surface area contributed by atoms with Gasteiger partial charge in [-0.05, 0) is 25.0 Å². The van der Waals surface area contributed by atoms with Gasteiger partial charge in [-0.25, -0.2) is 9.50 Å². The van der Waals surface area contributed by atoms with E-state index in [2.05, 4.69) is 10.1 Å². The van der Waals surface area contributed by atoms with E-state index in [0.29, 0.717) is 30.0 Å². The van der Waals surface area contributed by atoms with Crippen LogP contribution in [-0.2, 0) is 0 Å². The third-order valence-electron chi connectivity index (χ3n) is 5.06. The summed E-state index contributed by atoms with van der Waals surface area (Å²) in [7, 11) is 3.28. The summed E-state index contributed by atoms with van der Waals surface area (Å²) >= 11 is 0. The van der Waals surface area contributed by atoms with Crippen LogP contribution in [0.2, 0.25) is 0 Å². The first kappa shape index (κ1) is 17.3. The fraction of sp³-hybridized carbons (Fsp3) is 0.350. The summed E-state index contributed by atoms with van der Waals surface area (Å²) < 4.78 is 12.6. The van der Waals surface area contributed by atoms with Gasteiger partial charge in [0, 0.05) is 37.0 Å². The maximum absolute atomic E-state index is 13.0. The number of rotatable bonds is 4. The number of carbonyl (C=O) groups is 1. The molecule has 1 fully saturated rings. The summed E-state index contributed by atoms with van der Waals surface area (Å²) in [6.07, 6.45) is 6.10. The number of para-hydroxylation sites is 1. The summed E-state index contributed by atoms with van der Waals surface area (Å²) in [5.74, 6) is 1.62. The predicted molar refractivity (Wildman–Crippen MR) is 101 cm³/mol. The molecule has 0 N–H and O–H groups in total. The van der Waals surface area contributed by atoms with E-state index in [4.69, 9.17) is 9.47 Å². The van der Waals surface area contributed by atoms with Gasteiger partial charge in [0.05, 0.1) is 20.4 Å². The van der Waals surface area contributed by atoms with E-state index in [1.54, 1.807) is 31.1 Å². The zero-order valence-corrected chi connectivity index (χ0v) is 15.7. The average Bonchev–Trinajstić information content (AvgIpc) is 3.33. The van der Waals surface area contributed by atoms with Crippen LogP contribution in [0.1, 0.15) is 33.8 Å². The normalized spacial score (nSPS) is 16.7. The zero-order chi connectivity index (χ0) is 19.0. The monoisotopic (exact) mass is 366 g/mol. The van der Waals surface area contributed by atoms with E-state index in [1.165, 1.54) is 0 Å². The van der Waals surface area contributed by atoms with Gasteiger partial charge in [-0.1, -0.05) is 12.1 Å². The summed E-state index contributed by atoms with van der Waals surface area (Å²) in [6, 6.07) is 5.88. The first-order valence-electron chi connectivity index (χ1n) is 8.92. The van der Waals surface area contributed by atoms with Crippen LogP contribution >= 0.6 is 0 Å². The number of fused-ring (bicyclic) bond motifs is 1. The van der Waals surface area contributed by atoms with Crippen molar-refractivity contribution in [2.75, 3.05) is 27.3 Å². The highest BCUT2D eigenvalue weighted by Gasteiger charge is 2.31. The average molecular weight is 366 g/mol. The Bertz CT molecular complexity index is 998. The molecule has 1 amide bonds. The smallest absolute Gasteiger partial charge is 0.259 e. The molecule has 0 radical (unpaired) electrons. The Morgan fingerprint density at radius 1 is 1.22 bits per heavy atom. The van der Waals surface area contributed by atoms with Crippen molar-refractivity contribution in [3.63, 3.8) is 0 Å². The van der Waals surface area contributed by atoms with E-state index in [1.807, 2.05) is 36.2 Å². The Labute approximate surface area is 157 Å². The number of hydrogen-bond donors (Lipinski definition) is 0. The Morgan fingerprint density at radius 3 is 2.85 bits per heavy atom. The standard InChI is InChI=1S/C20H22N4O3/c1-13-9-21-19-16(10-22-24(19)11-13)20(25)23-8-7-14(12-23)15-5-4-6-17(26-2)18(15)27-3/h4-6,9-11,14H,7-8,12H2,1-3H3/t14-/m0/s1. The van der Waals surface area contributed by atoms with E-state index in [0.717, 1.165) is 23.3 Å². The van der Waals surface area contributed by atoms with Crippen LogP contribution in [-0.4, -0.2) is 52.7 Å². The molecule has 1 atom stereocenters. The van der Waals surface area contributed by atoms with Crippen LogP contribution < -0.4 is 9.47 Å². The van der Waals surface area contributed by atoms with Crippen molar-refractivity contribution in [3.05, 3.63) is 53.5 Å². The maximum Gasteiger partial charge on any atom is 0.259 e. The molecule has 0 bridgehead atoms. The summed E-state index contributed by atoms with van der Waals surface area (Å²) in [5.41, 5.74) is 3.19. The van der Waals surface area contributed by atoms with Crippen molar-refractivity contribution < 1.29 is 14.3 Å². The molecule has 3 aromatic rings. The molecule has 7 heteroatoms. The van der Waals surface area contributed by atoms with Gasteiger partial charge in [0.1, 0.15) is 5.56 Å². The minimum atomic E-state index is -0.0364. The van der Waals surface area contributed by atoms with Gasteiger partial charge in [-0.3, -0.25) is 4.79 Å². The molecule has 27 heavy (non-hydrogen) atoms. The second-order valence-electron chi connectivity index (χ2n) is 6.78. The van der Waals surface area contributed by atoms with Gasteiger partial charge in [-0.15, -0.1) is 0 Å². The molecular weight excluding hydrogens is 344 g/mol. The Kier molecular flexibility index (Phi) is 4.43. The molecule has 3 heterocycles. The Balaban J connectivity index is 1.58. The molecule has 1 aromatic carbocycles. The number of aryl methyl sites for hydroxylation is 1. The lowest BCUT2D eigenvalue weighted by Crippen LogP contribution is -2.28. The molecule has 0 aliphatic carbocycles. The first-order chi connectivity index (χ1) is 13.1. The van der Waals surface area contributed by atoms with Gasteiger partial charge in [0.2, 0.25) is 0 Å². The number of nitrogens with zero attached hydrogens (tertiary/aromatic N) is 4. The van der Waals surface area contributed by atoms with Gasteiger partial charge in [0.15, 0.2) is 17.1 Å². The van der Waals surface area contributed by atoms with Crippen molar-refractivity contribution in [1.82, 2.24) is 19.5 Å². The fourth-order valence-corrected chi connectivity index (χ4v) is 3.72.